The Hall–Kier alpha value is -1.83. The van der Waals surface area contributed by atoms with Crippen LogP contribution in [0.25, 0.3) is 0 Å². The molecule has 21 heavy (non-hydrogen) atoms. The fraction of sp³-hybridized carbons (Fsp3) is 0.0714. The van der Waals surface area contributed by atoms with E-state index in [0.717, 1.165) is 12.1 Å². The van der Waals surface area contributed by atoms with Crippen molar-refractivity contribution in [3.8, 4) is 0 Å². The van der Waals surface area contributed by atoms with Gasteiger partial charge in [-0.2, -0.15) is 4.72 Å². The van der Waals surface area contributed by atoms with E-state index in [2.05, 4.69) is 4.72 Å². The molecule has 7 heteroatoms. The molecular formula is C14H13FN2O2S2. The molecule has 110 valence electrons. The van der Waals surface area contributed by atoms with Gasteiger partial charge in [0, 0.05) is 0 Å². The maximum absolute atomic E-state index is 12.9. The first kappa shape index (κ1) is 15.6. The first-order chi connectivity index (χ1) is 9.90. The molecule has 0 bridgehead atoms. The molecule has 2 aromatic rings. The Morgan fingerprint density at radius 1 is 1.10 bits per heavy atom. The van der Waals surface area contributed by atoms with E-state index < -0.39 is 21.9 Å². The number of halogens is 1. The van der Waals surface area contributed by atoms with Crippen molar-refractivity contribution in [1.82, 2.24) is 4.72 Å². The highest BCUT2D eigenvalue weighted by Crippen LogP contribution is 2.18. The van der Waals surface area contributed by atoms with Gasteiger partial charge in [0.2, 0.25) is 10.0 Å². The Balaban J connectivity index is 2.32. The van der Waals surface area contributed by atoms with Crippen LogP contribution in [0.4, 0.5) is 4.39 Å². The van der Waals surface area contributed by atoms with Crippen LogP contribution >= 0.6 is 12.2 Å². The molecule has 0 aliphatic rings. The maximum Gasteiger partial charge on any atom is 0.241 e. The second-order valence-corrected chi connectivity index (χ2v) is 6.51. The minimum atomic E-state index is -3.85. The van der Waals surface area contributed by atoms with Crippen LogP contribution in [-0.4, -0.2) is 13.4 Å². The minimum absolute atomic E-state index is 0.00638. The molecular weight excluding hydrogens is 311 g/mol. The SMILES string of the molecule is NC(=S)C(NS(=O)(=O)c1ccc(F)cc1)c1ccccc1. The van der Waals surface area contributed by atoms with Gasteiger partial charge in [-0.15, -0.1) is 0 Å². The summed E-state index contributed by atoms with van der Waals surface area (Å²) in [4.78, 5) is -0.0482. The summed E-state index contributed by atoms with van der Waals surface area (Å²) in [5.74, 6) is -0.511. The lowest BCUT2D eigenvalue weighted by Gasteiger charge is -2.18. The van der Waals surface area contributed by atoms with Gasteiger partial charge in [0.05, 0.1) is 15.9 Å². The third kappa shape index (κ3) is 3.84. The predicted molar refractivity (Wildman–Crippen MR) is 82.7 cm³/mol. The van der Waals surface area contributed by atoms with Crippen LogP contribution in [0.15, 0.2) is 59.5 Å². The second-order valence-electron chi connectivity index (χ2n) is 4.32. The number of nitrogens with two attached hydrogens (primary N) is 1. The van der Waals surface area contributed by atoms with Crippen LogP contribution in [0.2, 0.25) is 0 Å². The van der Waals surface area contributed by atoms with E-state index in [-0.39, 0.29) is 9.88 Å². The lowest BCUT2D eigenvalue weighted by Crippen LogP contribution is -2.36. The summed E-state index contributed by atoms with van der Waals surface area (Å²) < 4.78 is 39.9. The van der Waals surface area contributed by atoms with Gasteiger partial charge in [-0.1, -0.05) is 42.5 Å². The third-order valence-electron chi connectivity index (χ3n) is 2.81. The van der Waals surface area contributed by atoms with E-state index in [0.29, 0.717) is 5.56 Å². The van der Waals surface area contributed by atoms with Gasteiger partial charge in [0.25, 0.3) is 0 Å². The highest BCUT2D eigenvalue weighted by atomic mass is 32.2. The standard InChI is InChI=1S/C14H13FN2O2S2/c15-11-6-8-12(9-7-11)21(18,19)17-13(14(16)20)10-4-2-1-3-5-10/h1-9,13,17H,(H2,16,20). The number of hydrogen-bond acceptors (Lipinski definition) is 3. The highest BCUT2D eigenvalue weighted by Gasteiger charge is 2.23. The summed E-state index contributed by atoms with van der Waals surface area (Å²) >= 11 is 4.93. The average Bonchev–Trinajstić information content (AvgIpc) is 2.46. The maximum atomic E-state index is 12.9. The van der Waals surface area contributed by atoms with E-state index in [9.17, 15) is 12.8 Å². The van der Waals surface area contributed by atoms with E-state index in [1.165, 1.54) is 12.1 Å². The molecule has 0 amide bonds. The van der Waals surface area contributed by atoms with Crippen molar-refractivity contribution in [2.45, 2.75) is 10.9 Å². The molecule has 2 aromatic carbocycles. The Morgan fingerprint density at radius 3 is 2.19 bits per heavy atom. The summed E-state index contributed by atoms with van der Waals surface area (Å²) in [5.41, 5.74) is 6.26. The van der Waals surface area contributed by atoms with E-state index in [1.807, 2.05) is 0 Å². The molecule has 0 saturated carbocycles. The average molecular weight is 324 g/mol. The third-order valence-corrected chi connectivity index (χ3v) is 4.49. The van der Waals surface area contributed by atoms with Crippen LogP contribution in [0, 0.1) is 5.82 Å². The first-order valence-electron chi connectivity index (χ1n) is 6.02. The number of benzene rings is 2. The van der Waals surface area contributed by atoms with Crippen LogP contribution in [0.3, 0.4) is 0 Å². The largest absolute Gasteiger partial charge is 0.392 e. The van der Waals surface area contributed by atoms with Gasteiger partial charge in [-0.3, -0.25) is 0 Å². The molecule has 0 spiro atoms. The van der Waals surface area contributed by atoms with E-state index in [4.69, 9.17) is 18.0 Å². The molecule has 0 aliphatic carbocycles. The summed E-state index contributed by atoms with van der Waals surface area (Å²) in [6.07, 6.45) is 0. The molecule has 0 heterocycles. The molecule has 0 saturated heterocycles. The summed E-state index contributed by atoms with van der Waals surface area (Å²) in [7, 11) is -3.85. The Labute approximate surface area is 127 Å². The van der Waals surface area contributed by atoms with Crippen molar-refractivity contribution < 1.29 is 12.8 Å². The van der Waals surface area contributed by atoms with E-state index >= 15 is 0 Å². The number of sulfonamides is 1. The first-order valence-corrected chi connectivity index (χ1v) is 7.91. The van der Waals surface area contributed by atoms with Crippen LogP contribution in [0.5, 0.6) is 0 Å². The Morgan fingerprint density at radius 2 is 1.67 bits per heavy atom. The highest BCUT2D eigenvalue weighted by molar-refractivity contribution is 7.89. The minimum Gasteiger partial charge on any atom is -0.392 e. The van der Waals surface area contributed by atoms with Crippen molar-refractivity contribution in [2.75, 3.05) is 0 Å². The fourth-order valence-electron chi connectivity index (χ4n) is 1.77. The summed E-state index contributed by atoms with van der Waals surface area (Å²) in [6, 6.07) is 12.4. The molecule has 0 aromatic heterocycles. The van der Waals surface area contributed by atoms with Crippen LogP contribution in [0.1, 0.15) is 11.6 Å². The molecule has 0 aliphatic heterocycles. The van der Waals surface area contributed by atoms with Crippen molar-refractivity contribution in [1.29, 1.82) is 0 Å². The van der Waals surface area contributed by atoms with Gasteiger partial charge in [0.1, 0.15) is 5.82 Å². The molecule has 0 radical (unpaired) electrons. The Bertz CT molecular complexity index is 731. The van der Waals surface area contributed by atoms with Crippen LogP contribution < -0.4 is 10.5 Å². The zero-order valence-corrected chi connectivity index (χ0v) is 12.5. The van der Waals surface area contributed by atoms with Gasteiger partial charge < -0.3 is 5.73 Å². The van der Waals surface area contributed by atoms with Gasteiger partial charge in [-0.05, 0) is 29.8 Å². The van der Waals surface area contributed by atoms with E-state index in [1.54, 1.807) is 30.3 Å². The van der Waals surface area contributed by atoms with Gasteiger partial charge in [-0.25, -0.2) is 12.8 Å². The molecule has 1 atom stereocenters. The summed E-state index contributed by atoms with van der Waals surface area (Å²) in [6.45, 7) is 0. The summed E-state index contributed by atoms with van der Waals surface area (Å²) in [5, 5.41) is 0. The lowest BCUT2D eigenvalue weighted by molar-refractivity contribution is 0.576. The quantitative estimate of drug-likeness (QED) is 0.827. The predicted octanol–water partition coefficient (Wildman–Crippen LogP) is 2.13. The van der Waals surface area contributed by atoms with Crippen molar-refractivity contribution in [3.63, 3.8) is 0 Å². The number of thiocarbonyl (C=S) groups is 1. The number of rotatable bonds is 5. The number of hydrogen-bond donors (Lipinski definition) is 2. The zero-order chi connectivity index (χ0) is 15.5. The normalized spacial score (nSPS) is 12.8. The van der Waals surface area contributed by atoms with Gasteiger partial charge in [0.15, 0.2) is 0 Å². The molecule has 3 N–H and O–H groups in total. The molecule has 4 nitrogen and oxygen atoms in total. The van der Waals surface area contributed by atoms with Gasteiger partial charge >= 0.3 is 0 Å². The lowest BCUT2D eigenvalue weighted by atomic mass is 10.1. The zero-order valence-electron chi connectivity index (χ0n) is 10.9. The molecule has 1 unspecified atom stereocenters. The monoisotopic (exact) mass is 324 g/mol. The van der Waals surface area contributed by atoms with Crippen LogP contribution in [-0.2, 0) is 10.0 Å². The second kappa shape index (κ2) is 6.30. The van der Waals surface area contributed by atoms with Crippen molar-refractivity contribution in [2.24, 2.45) is 5.73 Å². The molecule has 0 fully saturated rings. The molecule has 2 rings (SSSR count). The smallest absolute Gasteiger partial charge is 0.241 e. The van der Waals surface area contributed by atoms with Crippen molar-refractivity contribution in [3.05, 3.63) is 66.0 Å². The van der Waals surface area contributed by atoms with Crippen molar-refractivity contribution >= 4 is 27.2 Å². The topological polar surface area (TPSA) is 72.2 Å². The Kier molecular flexibility index (Phi) is 4.66. The fourth-order valence-corrected chi connectivity index (χ4v) is 3.25. The number of nitrogens with one attached hydrogen (secondary N) is 1.